The molecule has 0 fully saturated rings. The van der Waals surface area contributed by atoms with E-state index in [1.54, 1.807) is 19.2 Å². The van der Waals surface area contributed by atoms with Gasteiger partial charge in [-0.05, 0) is 46.3 Å². The number of hydrogen-bond acceptors (Lipinski definition) is 3. The number of anilines is 1. The zero-order valence-electron chi connectivity index (χ0n) is 11.2. The summed E-state index contributed by atoms with van der Waals surface area (Å²) in [4.78, 5) is 13.8. The molecule has 0 radical (unpaired) electrons. The Morgan fingerprint density at radius 3 is 2.33 bits per heavy atom. The highest BCUT2D eigenvalue weighted by atomic mass is 79.9. The molecule has 1 amide bonds. The Hall–Kier alpha value is -1.70. The molecule has 2 N–H and O–H groups in total. The van der Waals surface area contributed by atoms with Crippen molar-refractivity contribution in [2.75, 3.05) is 11.9 Å². The van der Waals surface area contributed by atoms with Gasteiger partial charge >= 0.3 is 0 Å². The number of sulfonamides is 1. The average molecular weight is 369 g/mol. The molecule has 0 saturated carbocycles. The van der Waals surface area contributed by atoms with Crippen LogP contribution >= 0.6 is 15.9 Å². The minimum absolute atomic E-state index is 0.101. The van der Waals surface area contributed by atoms with E-state index in [-0.39, 0.29) is 16.4 Å². The molecule has 0 atom stereocenters. The molecule has 0 aliphatic carbocycles. The number of benzene rings is 2. The van der Waals surface area contributed by atoms with E-state index in [2.05, 4.69) is 15.9 Å². The van der Waals surface area contributed by atoms with Gasteiger partial charge in [0.05, 0.1) is 10.5 Å². The van der Waals surface area contributed by atoms with Crippen molar-refractivity contribution in [1.82, 2.24) is 0 Å². The minimum Gasteiger partial charge on any atom is -0.311 e. The van der Waals surface area contributed by atoms with Crippen molar-refractivity contribution in [2.45, 2.75) is 4.90 Å². The van der Waals surface area contributed by atoms with Crippen LogP contribution in [0.15, 0.2) is 57.9 Å². The number of primary sulfonamides is 1. The molecule has 0 saturated heterocycles. The molecule has 2 rings (SSSR count). The summed E-state index contributed by atoms with van der Waals surface area (Å²) in [6.07, 6.45) is 0. The Labute approximate surface area is 131 Å². The fourth-order valence-corrected chi connectivity index (χ4v) is 2.75. The summed E-state index contributed by atoms with van der Waals surface area (Å²) in [5.74, 6) is -0.335. The topological polar surface area (TPSA) is 80.5 Å². The lowest BCUT2D eigenvalue weighted by Crippen LogP contribution is -2.27. The third-order valence-electron chi connectivity index (χ3n) is 2.94. The van der Waals surface area contributed by atoms with Crippen LogP contribution in [-0.4, -0.2) is 21.4 Å². The number of nitrogens with two attached hydrogens (primary N) is 1. The molecule has 2 aromatic carbocycles. The van der Waals surface area contributed by atoms with E-state index in [0.29, 0.717) is 10.2 Å². The number of para-hydroxylation sites is 1. The van der Waals surface area contributed by atoms with Gasteiger partial charge in [0.2, 0.25) is 10.0 Å². The molecule has 2 aromatic rings. The molecule has 0 aliphatic rings. The van der Waals surface area contributed by atoms with Crippen LogP contribution < -0.4 is 10.0 Å². The number of carbonyl (C=O) groups excluding carboxylic acids is 1. The summed E-state index contributed by atoms with van der Waals surface area (Å²) in [5, 5.41) is 5.10. The van der Waals surface area contributed by atoms with Gasteiger partial charge in [-0.25, -0.2) is 13.6 Å². The third kappa shape index (κ3) is 3.49. The summed E-state index contributed by atoms with van der Waals surface area (Å²) in [5.41, 5.74) is 0.934. The van der Waals surface area contributed by atoms with Crippen molar-refractivity contribution >= 4 is 37.5 Å². The second-order valence-corrected chi connectivity index (χ2v) is 6.80. The monoisotopic (exact) mass is 368 g/mol. The SMILES string of the molecule is CN(C(=O)c1cc(S(N)(=O)=O)ccc1Br)c1ccccc1. The lowest BCUT2D eigenvalue weighted by molar-refractivity contribution is 0.0992. The van der Waals surface area contributed by atoms with E-state index in [1.807, 2.05) is 18.2 Å². The predicted molar refractivity (Wildman–Crippen MR) is 84.7 cm³/mol. The largest absolute Gasteiger partial charge is 0.311 e. The second kappa shape index (κ2) is 5.97. The summed E-state index contributed by atoms with van der Waals surface area (Å²) in [6.45, 7) is 0. The molecule has 0 aromatic heterocycles. The Morgan fingerprint density at radius 1 is 1.14 bits per heavy atom. The average Bonchev–Trinajstić information content (AvgIpc) is 2.46. The van der Waals surface area contributed by atoms with Crippen molar-refractivity contribution < 1.29 is 13.2 Å². The lowest BCUT2D eigenvalue weighted by Gasteiger charge is -2.18. The van der Waals surface area contributed by atoms with Gasteiger partial charge in [0, 0.05) is 17.2 Å². The van der Waals surface area contributed by atoms with Crippen LogP contribution in [0.1, 0.15) is 10.4 Å². The van der Waals surface area contributed by atoms with Crippen LogP contribution in [0.4, 0.5) is 5.69 Å². The lowest BCUT2D eigenvalue weighted by atomic mass is 10.2. The zero-order chi connectivity index (χ0) is 15.6. The Balaban J connectivity index is 2.44. The number of carbonyl (C=O) groups is 1. The third-order valence-corrected chi connectivity index (χ3v) is 4.55. The number of halogens is 1. The van der Waals surface area contributed by atoms with E-state index in [9.17, 15) is 13.2 Å². The zero-order valence-corrected chi connectivity index (χ0v) is 13.6. The maximum absolute atomic E-state index is 12.5. The highest BCUT2D eigenvalue weighted by Gasteiger charge is 2.19. The molecule has 0 aliphatic heterocycles. The molecule has 0 spiro atoms. The summed E-state index contributed by atoms with van der Waals surface area (Å²) in [7, 11) is -2.24. The molecule has 0 unspecified atom stereocenters. The first-order valence-corrected chi connectivity index (χ1v) is 8.30. The van der Waals surface area contributed by atoms with Gasteiger partial charge in [-0.1, -0.05) is 18.2 Å². The van der Waals surface area contributed by atoms with Crippen molar-refractivity contribution in [3.63, 3.8) is 0 Å². The molecular weight excluding hydrogens is 356 g/mol. The summed E-state index contributed by atoms with van der Waals surface area (Å²) < 4.78 is 23.3. The highest BCUT2D eigenvalue weighted by molar-refractivity contribution is 9.10. The van der Waals surface area contributed by atoms with Crippen LogP contribution in [0.2, 0.25) is 0 Å². The molecular formula is C14H13BrN2O3S. The first kappa shape index (κ1) is 15.7. The van der Waals surface area contributed by atoms with E-state index in [0.717, 1.165) is 0 Å². The molecule has 0 heterocycles. The van der Waals surface area contributed by atoms with Gasteiger partial charge in [0.1, 0.15) is 0 Å². The first-order valence-electron chi connectivity index (χ1n) is 5.96. The van der Waals surface area contributed by atoms with Crippen molar-refractivity contribution in [1.29, 1.82) is 0 Å². The molecule has 110 valence electrons. The second-order valence-electron chi connectivity index (χ2n) is 4.39. The van der Waals surface area contributed by atoms with Crippen LogP contribution in [-0.2, 0) is 10.0 Å². The van der Waals surface area contributed by atoms with Gasteiger partial charge < -0.3 is 4.90 Å². The minimum atomic E-state index is -3.86. The summed E-state index contributed by atoms with van der Waals surface area (Å²) in [6, 6.07) is 13.2. The van der Waals surface area contributed by atoms with Crippen molar-refractivity contribution in [2.24, 2.45) is 5.14 Å². The normalized spacial score (nSPS) is 11.2. The highest BCUT2D eigenvalue weighted by Crippen LogP contribution is 2.23. The number of amides is 1. The van der Waals surface area contributed by atoms with E-state index in [4.69, 9.17) is 5.14 Å². The fourth-order valence-electron chi connectivity index (χ4n) is 1.79. The van der Waals surface area contributed by atoms with Crippen LogP contribution in [0.5, 0.6) is 0 Å². The number of hydrogen-bond donors (Lipinski definition) is 1. The van der Waals surface area contributed by atoms with Crippen molar-refractivity contribution in [3.8, 4) is 0 Å². The first-order chi connectivity index (χ1) is 9.80. The summed E-state index contributed by atoms with van der Waals surface area (Å²) >= 11 is 3.26. The molecule has 5 nitrogen and oxygen atoms in total. The van der Waals surface area contributed by atoms with E-state index in [1.165, 1.54) is 23.1 Å². The Bertz CT molecular complexity index is 776. The van der Waals surface area contributed by atoms with Gasteiger partial charge in [-0.3, -0.25) is 4.79 Å². The van der Waals surface area contributed by atoms with Crippen molar-refractivity contribution in [3.05, 3.63) is 58.6 Å². The van der Waals surface area contributed by atoms with Crippen LogP contribution in [0.25, 0.3) is 0 Å². The number of rotatable bonds is 3. The molecule has 21 heavy (non-hydrogen) atoms. The van der Waals surface area contributed by atoms with E-state index >= 15 is 0 Å². The van der Waals surface area contributed by atoms with Gasteiger partial charge in [0.15, 0.2) is 0 Å². The maximum atomic E-state index is 12.5. The van der Waals surface area contributed by atoms with Gasteiger partial charge in [-0.2, -0.15) is 0 Å². The van der Waals surface area contributed by atoms with Crippen LogP contribution in [0, 0.1) is 0 Å². The van der Waals surface area contributed by atoms with Crippen LogP contribution in [0.3, 0.4) is 0 Å². The fraction of sp³-hybridized carbons (Fsp3) is 0.0714. The Morgan fingerprint density at radius 2 is 1.76 bits per heavy atom. The van der Waals surface area contributed by atoms with E-state index < -0.39 is 10.0 Å². The quantitative estimate of drug-likeness (QED) is 0.902. The standard InChI is InChI=1S/C14H13BrN2O3S/c1-17(10-5-3-2-4-6-10)14(18)12-9-11(21(16,19)20)7-8-13(12)15/h2-9H,1H3,(H2,16,19,20). The molecule has 0 bridgehead atoms. The van der Waals surface area contributed by atoms with Gasteiger partial charge in [-0.15, -0.1) is 0 Å². The molecule has 7 heteroatoms. The Kier molecular flexibility index (Phi) is 4.46. The smallest absolute Gasteiger partial charge is 0.259 e. The number of nitrogens with zero attached hydrogens (tertiary/aromatic N) is 1. The predicted octanol–water partition coefficient (Wildman–Crippen LogP) is 2.37. The van der Waals surface area contributed by atoms with Gasteiger partial charge in [0.25, 0.3) is 5.91 Å². The maximum Gasteiger partial charge on any atom is 0.259 e.